The summed E-state index contributed by atoms with van der Waals surface area (Å²) in [6.45, 7) is 1.22. The lowest BCUT2D eigenvalue weighted by Gasteiger charge is -2.24. The lowest BCUT2D eigenvalue weighted by molar-refractivity contribution is 0.0694. The molecule has 1 aliphatic heterocycles. The number of hydrogen-bond donors (Lipinski definition) is 2. The van der Waals surface area contributed by atoms with E-state index in [9.17, 15) is 19.8 Å². The zero-order valence-electron chi connectivity index (χ0n) is 20.4. The fourth-order valence-electron chi connectivity index (χ4n) is 5.07. The van der Waals surface area contributed by atoms with Crippen molar-refractivity contribution in [3.8, 4) is 16.9 Å². The Kier molecular flexibility index (Phi) is 6.67. The highest BCUT2D eigenvalue weighted by Gasteiger charge is 2.30. The van der Waals surface area contributed by atoms with E-state index in [1.807, 2.05) is 59.5 Å². The molecule has 5 rings (SSSR count). The fraction of sp³-hybridized carbons (Fsp3) is 0.241. The highest BCUT2D eigenvalue weighted by atomic mass is 19.1. The number of carboxylic acids is 1. The van der Waals surface area contributed by atoms with Gasteiger partial charge in [-0.2, -0.15) is 0 Å². The SMILES string of the molecule is COc1c(N2CC[C@@H](CO)C2)c(F)cc2c(=O)c(C(=O)O)cn(Cc3ccc(-c4ccccc4)cc3)c12. The molecule has 1 fully saturated rings. The number of fused-ring (bicyclic) bond motifs is 1. The average Bonchev–Trinajstić information content (AvgIpc) is 3.39. The van der Waals surface area contributed by atoms with Crippen LogP contribution in [0.4, 0.5) is 10.1 Å². The molecule has 37 heavy (non-hydrogen) atoms. The first kappa shape index (κ1) is 24.5. The zero-order chi connectivity index (χ0) is 26.1. The maximum absolute atomic E-state index is 15.4. The number of pyridine rings is 1. The van der Waals surface area contributed by atoms with E-state index in [1.165, 1.54) is 13.3 Å². The van der Waals surface area contributed by atoms with E-state index in [0.29, 0.717) is 25.0 Å². The number of aliphatic hydroxyl groups is 1. The summed E-state index contributed by atoms with van der Waals surface area (Å²) in [7, 11) is 1.41. The van der Waals surface area contributed by atoms with Crippen LogP contribution in [0.5, 0.6) is 5.75 Å². The molecule has 2 N–H and O–H groups in total. The van der Waals surface area contributed by atoms with Crippen LogP contribution in [0.3, 0.4) is 0 Å². The number of aliphatic hydroxyl groups excluding tert-OH is 1. The summed E-state index contributed by atoms with van der Waals surface area (Å²) in [5.74, 6) is -1.86. The van der Waals surface area contributed by atoms with E-state index in [0.717, 1.165) is 22.8 Å². The summed E-state index contributed by atoms with van der Waals surface area (Å²) in [6, 6.07) is 18.9. The maximum Gasteiger partial charge on any atom is 0.341 e. The second kappa shape index (κ2) is 10.1. The third-order valence-electron chi connectivity index (χ3n) is 6.95. The minimum Gasteiger partial charge on any atom is -0.492 e. The fourth-order valence-corrected chi connectivity index (χ4v) is 5.07. The summed E-state index contributed by atoms with van der Waals surface area (Å²) in [6.07, 6.45) is 2.00. The van der Waals surface area contributed by atoms with Gasteiger partial charge in [0.15, 0.2) is 11.6 Å². The van der Waals surface area contributed by atoms with Gasteiger partial charge in [-0.15, -0.1) is 0 Å². The van der Waals surface area contributed by atoms with Crippen molar-refractivity contribution in [3.63, 3.8) is 0 Å². The molecule has 8 heteroatoms. The van der Waals surface area contributed by atoms with Gasteiger partial charge in [0.2, 0.25) is 5.43 Å². The molecule has 0 bridgehead atoms. The van der Waals surface area contributed by atoms with Gasteiger partial charge in [-0.25, -0.2) is 9.18 Å². The molecule has 7 nitrogen and oxygen atoms in total. The van der Waals surface area contributed by atoms with E-state index < -0.39 is 22.8 Å². The van der Waals surface area contributed by atoms with Crippen molar-refractivity contribution >= 4 is 22.6 Å². The topological polar surface area (TPSA) is 92.0 Å². The van der Waals surface area contributed by atoms with Crippen LogP contribution >= 0.6 is 0 Å². The Balaban J connectivity index is 1.65. The van der Waals surface area contributed by atoms with E-state index in [-0.39, 0.29) is 35.9 Å². The van der Waals surface area contributed by atoms with Crippen molar-refractivity contribution < 1.29 is 24.1 Å². The first-order chi connectivity index (χ1) is 17.9. The van der Waals surface area contributed by atoms with Crippen molar-refractivity contribution in [2.24, 2.45) is 5.92 Å². The first-order valence-corrected chi connectivity index (χ1v) is 12.1. The lowest BCUT2D eigenvalue weighted by atomic mass is 10.0. The summed E-state index contributed by atoms with van der Waals surface area (Å²) in [5.41, 5.74) is 2.31. The van der Waals surface area contributed by atoms with Crippen LogP contribution in [-0.4, -0.2) is 47.6 Å². The Hall–Kier alpha value is -4.17. The summed E-state index contributed by atoms with van der Waals surface area (Å²) in [4.78, 5) is 26.8. The van der Waals surface area contributed by atoms with Crippen molar-refractivity contribution in [2.75, 3.05) is 31.7 Å². The monoisotopic (exact) mass is 502 g/mol. The quantitative estimate of drug-likeness (QED) is 0.390. The Labute approximate surface area is 213 Å². The third kappa shape index (κ3) is 4.56. The number of methoxy groups -OCH3 is 1. The molecule has 1 aliphatic rings. The number of carbonyl (C=O) groups is 1. The molecule has 2 heterocycles. The van der Waals surface area contributed by atoms with Crippen molar-refractivity contribution in [3.05, 3.63) is 94.0 Å². The standard InChI is InChI=1S/C29H27FN2O5/c1-37-28-25-22(13-24(30)26(28)31-12-11-19(15-31)17-33)27(34)23(29(35)36)16-32(25)14-18-7-9-21(10-8-18)20-5-3-2-4-6-20/h2-10,13,16,19,33H,11-12,14-15,17H2,1H3,(H,35,36)/t19-/m1/s1. The number of nitrogens with zero attached hydrogens (tertiary/aromatic N) is 2. The Morgan fingerprint density at radius 3 is 2.43 bits per heavy atom. The van der Waals surface area contributed by atoms with Crippen LogP contribution < -0.4 is 15.1 Å². The van der Waals surface area contributed by atoms with E-state index in [4.69, 9.17) is 4.74 Å². The molecule has 0 spiro atoms. The first-order valence-electron chi connectivity index (χ1n) is 12.1. The molecule has 190 valence electrons. The average molecular weight is 503 g/mol. The number of halogens is 1. The molecule has 1 saturated heterocycles. The van der Waals surface area contributed by atoms with Gasteiger partial charge in [0, 0.05) is 38.4 Å². The van der Waals surface area contributed by atoms with Crippen LogP contribution in [0.15, 0.2) is 71.7 Å². The minimum atomic E-state index is -1.38. The predicted molar refractivity (Wildman–Crippen MR) is 140 cm³/mol. The lowest BCUT2D eigenvalue weighted by Crippen LogP contribution is -2.24. The third-order valence-corrected chi connectivity index (χ3v) is 6.95. The molecule has 0 aliphatic carbocycles. The van der Waals surface area contributed by atoms with Gasteiger partial charge in [0.25, 0.3) is 0 Å². The highest BCUT2D eigenvalue weighted by Crippen LogP contribution is 2.40. The van der Waals surface area contributed by atoms with Gasteiger partial charge in [0.1, 0.15) is 11.3 Å². The molecule has 0 amide bonds. The van der Waals surface area contributed by atoms with Crippen LogP contribution in [-0.2, 0) is 6.54 Å². The molecule has 3 aromatic carbocycles. The highest BCUT2D eigenvalue weighted by molar-refractivity contribution is 5.97. The molecule has 4 aromatic rings. The van der Waals surface area contributed by atoms with Crippen LogP contribution in [0.2, 0.25) is 0 Å². The summed E-state index contributed by atoms with van der Waals surface area (Å²) >= 11 is 0. The largest absolute Gasteiger partial charge is 0.492 e. The summed E-state index contributed by atoms with van der Waals surface area (Å²) in [5, 5.41) is 19.2. The number of aromatic carboxylic acids is 1. The number of anilines is 1. The molecule has 0 saturated carbocycles. The van der Waals surface area contributed by atoms with Gasteiger partial charge in [-0.1, -0.05) is 54.6 Å². The van der Waals surface area contributed by atoms with Crippen molar-refractivity contribution in [1.29, 1.82) is 0 Å². The van der Waals surface area contributed by atoms with Gasteiger partial charge < -0.3 is 24.4 Å². The number of aromatic nitrogens is 1. The minimum absolute atomic E-state index is 0.000325. The smallest absolute Gasteiger partial charge is 0.341 e. The van der Waals surface area contributed by atoms with E-state index >= 15 is 4.39 Å². The number of carboxylic acid groups (broad SMARTS) is 1. The molecule has 0 unspecified atom stereocenters. The van der Waals surface area contributed by atoms with Crippen molar-refractivity contribution in [1.82, 2.24) is 4.57 Å². The van der Waals surface area contributed by atoms with Gasteiger partial charge in [0.05, 0.1) is 18.0 Å². The van der Waals surface area contributed by atoms with Crippen LogP contribution in [0.25, 0.3) is 22.0 Å². The number of benzene rings is 3. The predicted octanol–water partition coefficient (Wildman–Crippen LogP) is 4.38. The summed E-state index contributed by atoms with van der Waals surface area (Å²) < 4.78 is 22.8. The Morgan fingerprint density at radius 1 is 1.11 bits per heavy atom. The molecule has 0 radical (unpaired) electrons. The molecule has 1 aromatic heterocycles. The maximum atomic E-state index is 15.4. The zero-order valence-corrected chi connectivity index (χ0v) is 20.4. The number of hydrogen-bond acceptors (Lipinski definition) is 5. The van der Waals surface area contributed by atoms with E-state index in [2.05, 4.69) is 0 Å². The molecule has 1 atom stereocenters. The van der Waals surface area contributed by atoms with E-state index in [1.54, 1.807) is 4.57 Å². The Morgan fingerprint density at radius 2 is 1.81 bits per heavy atom. The van der Waals surface area contributed by atoms with Gasteiger partial charge in [-0.05, 0) is 29.2 Å². The van der Waals surface area contributed by atoms with Gasteiger partial charge in [-0.3, -0.25) is 4.79 Å². The van der Waals surface area contributed by atoms with Gasteiger partial charge >= 0.3 is 5.97 Å². The molecular formula is C29H27FN2O5. The van der Waals surface area contributed by atoms with Crippen LogP contribution in [0.1, 0.15) is 22.3 Å². The molecular weight excluding hydrogens is 475 g/mol. The van der Waals surface area contributed by atoms with Crippen LogP contribution in [0, 0.1) is 11.7 Å². The second-order valence-electron chi connectivity index (χ2n) is 9.29. The number of rotatable bonds is 7. The normalized spacial score (nSPS) is 15.3. The number of ether oxygens (including phenoxy) is 1. The second-order valence-corrected chi connectivity index (χ2v) is 9.29. The Bertz CT molecular complexity index is 1520. The van der Waals surface area contributed by atoms with Crippen molar-refractivity contribution in [2.45, 2.75) is 13.0 Å².